The fraction of sp³-hybridized carbons (Fsp3) is 0.333. The van der Waals surface area contributed by atoms with E-state index >= 15 is 0 Å². The summed E-state index contributed by atoms with van der Waals surface area (Å²) in [5, 5.41) is 0.852. The van der Waals surface area contributed by atoms with E-state index in [1.54, 1.807) is 18.5 Å². The van der Waals surface area contributed by atoms with Crippen molar-refractivity contribution in [2.75, 3.05) is 37.7 Å². The third kappa shape index (κ3) is 4.22. The summed E-state index contributed by atoms with van der Waals surface area (Å²) in [6.45, 7) is 7.23. The Bertz CT molecular complexity index is 966. The predicted octanol–water partition coefficient (Wildman–Crippen LogP) is 3.27. The molecule has 4 rings (SSSR count). The van der Waals surface area contributed by atoms with Crippen LogP contribution in [0.4, 0.5) is 5.95 Å². The normalized spacial score (nSPS) is 14.1. The fourth-order valence-corrected chi connectivity index (χ4v) is 4.33. The summed E-state index contributed by atoms with van der Waals surface area (Å²) >= 11 is 1.45. The monoisotopic (exact) mass is 409 g/mol. The van der Waals surface area contributed by atoms with Crippen LogP contribution in [-0.2, 0) is 0 Å². The van der Waals surface area contributed by atoms with Gasteiger partial charge in [-0.25, -0.2) is 15.0 Å². The van der Waals surface area contributed by atoms with Gasteiger partial charge in [0, 0.05) is 44.1 Å². The van der Waals surface area contributed by atoms with Gasteiger partial charge in [0.05, 0.1) is 12.3 Å². The van der Waals surface area contributed by atoms with Gasteiger partial charge >= 0.3 is 0 Å². The molecular formula is C21H23N5O2S. The van der Waals surface area contributed by atoms with Crippen molar-refractivity contribution in [1.29, 1.82) is 0 Å². The van der Waals surface area contributed by atoms with Crippen LogP contribution in [0, 0.1) is 6.92 Å². The number of hydrogen-bond donors (Lipinski definition) is 0. The number of benzene rings is 1. The van der Waals surface area contributed by atoms with Crippen molar-refractivity contribution in [3.63, 3.8) is 0 Å². The van der Waals surface area contributed by atoms with E-state index in [1.165, 1.54) is 11.3 Å². The zero-order valence-electron chi connectivity index (χ0n) is 16.5. The van der Waals surface area contributed by atoms with Crippen LogP contribution >= 0.6 is 11.3 Å². The maximum absolute atomic E-state index is 13.1. The molecule has 0 unspecified atom stereocenters. The highest BCUT2D eigenvalue weighted by Gasteiger charge is 2.26. The van der Waals surface area contributed by atoms with Crippen LogP contribution in [0.3, 0.4) is 0 Å². The molecule has 1 saturated heterocycles. The summed E-state index contributed by atoms with van der Waals surface area (Å²) < 4.78 is 5.49. The van der Waals surface area contributed by atoms with E-state index in [0.29, 0.717) is 30.5 Å². The Balaban J connectivity index is 1.44. The molecular weight excluding hydrogens is 386 g/mol. The van der Waals surface area contributed by atoms with Gasteiger partial charge in [0.15, 0.2) is 0 Å². The van der Waals surface area contributed by atoms with E-state index in [-0.39, 0.29) is 5.91 Å². The van der Waals surface area contributed by atoms with Crippen LogP contribution in [0.25, 0.3) is 10.6 Å². The van der Waals surface area contributed by atoms with E-state index in [9.17, 15) is 4.79 Å². The first-order valence-electron chi connectivity index (χ1n) is 9.67. The molecule has 2 aromatic heterocycles. The highest BCUT2D eigenvalue weighted by atomic mass is 32.1. The van der Waals surface area contributed by atoms with E-state index < -0.39 is 0 Å². The summed E-state index contributed by atoms with van der Waals surface area (Å²) in [4.78, 5) is 31.0. The summed E-state index contributed by atoms with van der Waals surface area (Å²) in [6, 6.07) is 9.63. The van der Waals surface area contributed by atoms with Gasteiger partial charge in [0.1, 0.15) is 15.6 Å². The van der Waals surface area contributed by atoms with E-state index in [1.807, 2.05) is 43.0 Å². The van der Waals surface area contributed by atoms with Crippen molar-refractivity contribution in [1.82, 2.24) is 19.9 Å². The molecule has 8 heteroatoms. The van der Waals surface area contributed by atoms with E-state index in [0.717, 1.165) is 35.1 Å². The van der Waals surface area contributed by atoms with Gasteiger partial charge in [-0.05, 0) is 44.2 Å². The van der Waals surface area contributed by atoms with Crippen LogP contribution in [0.5, 0.6) is 5.75 Å². The Hall–Kier alpha value is -3.00. The molecule has 0 spiro atoms. The molecule has 0 radical (unpaired) electrons. The quantitative estimate of drug-likeness (QED) is 0.644. The molecule has 1 amide bonds. The van der Waals surface area contributed by atoms with Crippen LogP contribution in [-0.4, -0.2) is 58.5 Å². The second-order valence-electron chi connectivity index (χ2n) is 6.72. The lowest BCUT2D eigenvalue weighted by Gasteiger charge is -2.34. The Morgan fingerprint density at radius 2 is 1.79 bits per heavy atom. The smallest absolute Gasteiger partial charge is 0.265 e. The number of carbonyl (C=O) groups excluding carboxylic acids is 1. The number of aryl methyl sites for hydroxylation is 1. The molecule has 7 nitrogen and oxygen atoms in total. The van der Waals surface area contributed by atoms with Gasteiger partial charge in [-0.1, -0.05) is 0 Å². The minimum atomic E-state index is 0.0471. The van der Waals surface area contributed by atoms with Crippen LogP contribution in [0.1, 0.15) is 22.3 Å². The van der Waals surface area contributed by atoms with Crippen molar-refractivity contribution in [3.8, 4) is 16.3 Å². The van der Waals surface area contributed by atoms with Crippen LogP contribution in [0.15, 0.2) is 42.7 Å². The Kier molecular flexibility index (Phi) is 5.71. The van der Waals surface area contributed by atoms with Crippen LogP contribution in [0.2, 0.25) is 0 Å². The Morgan fingerprint density at radius 3 is 2.45 bits per heavy atom. The molecule has 1 aliphatic heterocycles. The summed E-state index contributed by atoms with van der Waals surface area (Å²) in [7, 11) is 0. The number of anilines is 1. The van der Waals surface area contributed by atoms with E-state index in [4.69, 9.17) is 4.74 Å². The largest absolute Gasteiger partial charge is 0.494 e. The maximum Gasteiger partial charge on any atom is 0.265 e. The molecule has 3 aromatic rings. The lowest BCUT2D eigenvalue weighted by molar-refractivity contribution is 0.0750. The Morgan fingerprint density at radius 1 is 1.10 bits per heavy atom. The Labute approximate surface area is 174 Å². The van der Waals surface area contributed by atoms with Crippen molar-refractivity contribution < 1.29 is 9.53 Å². The molecule has 3 heterocycles. The zero-order valence-corrected chi connectivity index (χ0v) is 17.4. The van der Waals surface area contributed by atoms with Crippen molar-refractivity contribution in [2.45, 2.75) is 13.8 Å². The SMILES string of the molecule is CCOc1ccc(-c2nc(C)c(C(=O)N3CCN(c4ncccn4)CC3)s2)cc1. The molecule has 0 atom stereocenters. The average molecular weight is 410 g/mol. The van der Waals surface area contributed by atoms with Crippen molar-refractivity contribution >= 4 is 23.2 Å². The summed E-state index contributed by atoms with van der Waals surface area (Å²) in [5.74, 6) is 1.60. The molecule has 0 saturated carbocycles. The van der Waals surface area contributed by atoms with Gasteiger partial charge in [0.2, 0.25) is 5.95 Å². The standard InChI is InChI=1S/C21H23N5O2S/c1-3-28-17-7-5-16(6-8-17)19-24-15(2)18(29-19)20(27)25-11-13-26(14-12-25)21-22-9-4-10-23-21/h4-10H,3,11-14H2,1-2H3. The molecule has 0 N–H and O–H groups in total. The number of nitrogens with zero attached hydrogens (tertiary/aromatic N) is 5. The number of rotatable bonds is 5. The highest BCUT2D eigenvalue weighted by Crippen LogP contribution is 2.30. The minimum Gasteiger partial charge on any atom is -0.494 e. The molecule has 0 aliphatic carbocycles. The number of piperazine rings is 1. The first-order valence-corrected chi connectivity index (χ1v) is 10.5. The van der Waals surface area contributed by atoms with Gasteiger partial charge in [0.25, 0.3) is 5.91 Å². The van der Waals surface area contributed by atoms with Gasteiger partial charge in [-0.15, -0.1) is 11.3 Å². The molecule has 150 valence electrons. The number of hydrogen-bond acceptors (Lipinski definition) is 7. The van der Waals surface area contributed by atoms with Gasteiger partial charge in [-0.2, -0.15) is 0 Å². The first kappa shape index (κ1) is 19.3. The second-order valence-corrected chi connectivity index (χ2v) is 7.72. The number of carbonyl (C=O) groups is 1. The summed E-state index contributed by atoms with van der Waals surface area (Å²) in [6.07, 6.45) is 3.48. The molecule has 0 bridgehead atoms. The third-order valence-electron chi connectivity index (χ3n) is 4.80. The number of amides is 1. The van der Waals surface area contributed by atoms with Crippen molar-refractivity contribution in [2.24, 2.45) is 0 Å². The first-order chi connectivity index (χ1) is 14.2. The molecule has 1 aromatic carbocycles. The second kappa shape index (κ2) is 8.57. The fourth-order valence-electron chi connectivity index (χ4n) is 3.29. The highest BCUT2D eigenvalue weighted by molar-refractivity contribution is 7.17. The maximum atomic E-state index is 13.1. The summed E-state index contributed by atoms with van der Waals surface area (Å²) in [5.41, 5.74) is 1.77. The zero-order chi connectivity index (χ0) is 20.2. The van der Waals surface area contributed by atoms with Gasteiger partial charge < -0.3 is 14.5 Å². The minimum absolute atomic E-state index is 0.0471. The number of ether oxygens (including phenoxy) is 1. The predicted molar refractivity (Wildman–Crippen MR) is 114 cm³/mol. The van der Waals surface area contributed by atoms with Crippen molar-refractivity contribution in [3.05, 3.63) is 53.3 Å². The molecule has 1 aliphatic rings. The number of thiazole rings is 1. The van der Waals surface area contributed by atoms with E-state index in [2.05, 4.69) is 19.9 Å². The van der Waals surface area contributed by atoms with Crippen LogP contribution < -0.4 is 9.64 Å². The lowest BCUT2D eigenvalue weighted by Crippen LogP contribution is -2.49. The van der Waals surface area contributed by atoms with Gasteiger partial charge in [-0.3, -0.25) is 4.79 Å². The average Bonchev–Trinajstić information content (AvgIpc) is 3.16. The lowest BCUT2D eigenvalue weighted by atomic mass is 10.2. The molecule has 29 heavy (non-hydrogen) atoms. The topological polar surface area (TPSA) is 71.5 Å². The third-order valence-corrected chi connectivity index (χ3v) is 6.00. The number of aromatic nitrogens is 3. The molecule has 1 fully saturated rings.